The van der Waals surface area contributed by atoms with Crippen molar-refractivity contribution in [2.75, 3.05) is 18.4 Å². The lowest BCUT2D eigenvalue weighted by Gasteiger charge is -2.16. The number of hydrogen-bond acceptors (Lipinski definition) is 3. The second-order valence-corrected chi connectivity index (χ2v) is 9.11. The van der Waals surface area contributed by atoms with E-state index < -0.39 is 0 Å². The molecule has 0 radical (unpaired) electrons. The first-order valence-corrected chi connectivity index (χ1v) is 11.1. The second kappa shape index (κ2) is 8.69. The highest BCUT2D eigenvalue weighted by atomic mass is 35.5. The topological polar surface area (TPSA) is 24.1 Å². The maximum atomic E-state index is 6.51. The molecule has 2 aromatic rings. The van der Waals surface area contributed by atoms with Crippen molar-refractivity contribution in [1.82, 2.24) is 5.32 Å². The summed E-state index contributed by atoms with van der Waals surface area (Å²) < 4.78 is 0. The molecule has 2 nitrogen and oxygen atoms in total. The van der Waals surface area contributed by atoms with Gasteiger partial charge in [0.25, 0.3) is 0 Å². The highest BCUT2D eigenvalue weighted by Crippen LogP contribution is 2.35. The van der Waals surface area contributed by atoms with Crippen molar-refractivity contribution in [3.63, 3.8) is 0 Å². The lowest BCUT2D eigenvalue weighted by Crippen LogP contribution is -2.16. The average Bonchev–Trinajstić information content (AvgIpc) is 3.05. The molecule has 2 N–H and O–H groups in total. The Balaban J connectivity index is 1.42. The fraction of sp³-hybridized carbons (Fsp3) is 0.455. The highest BCUT2D eigenvalue weighted by Gasteiger charge is 2.16. The Kier molecular flexibility index (Phi) is 6.08. The van der Waals surface area contributed by atoms with Gasteiger partial charge in [-0.05, 0) is 73.7 Å². The van der Waals surface area contributed by atoms with Gasteiger partial charge in [-0.3, -0.25) is 0 Å². The molecule has 1 heterocycles. The third kappa shape index (κ3) is 4.39. The van der Waals surface area contributed by atoms with Gasteiger partial charge in [-0.15, -0.1) is 11.8 Å². The third-order valence-corrected chi connectivity index (χ3v) is 7.14. The molecule has 1 fully saturated rings. The number of fused-ring (bicyclic) bond motifs is 1. The van der Waals surface area contributed by atoms with Crippen molar-refractivity contribution >= 4 is 29.1 Å². The fourth-order valence-electron chi connectivity index (χ4n) is 4.01. The molecule has 0 unspecified atom stereocenters. The minimum Gasteiger partial charge on any atom is -0.380 e. The van der Waals surface area contributed by atoms with Gasteiger partial charge in [0, 0.05) is 16.7 Å². The van der Waals surface area contributed by atoms with E-state index in [1.807, 2.05) is 17.8 Å². The zero-order valence-corrected chi connectivity index (χ0v) is 16.8. The number of rotatable bonds is 5. The average molecular weight is 387 g/mol. The summed E-state index contributed by atoms with van der Waals surface area (Å²) in [4.78, 5) is 1.40. The van der Waals surface area contributed by atoms with Crippen LogP contribution in [0.3, 0.4) is 0 Å². The van der Waals surface area contributed by atoms with Gasteiger partial charge < -0.3 is 10.6 Å². The summed E-state index contributed by atoms with van der Waals surface area (Å²) in [5.74, 6) is 0. The Morgan fingerprint density at radius 1 is 1.00 bits per heavy atom. The van der Waals surface area contributed by atoms with Crippen LogP contribution in [-0.2, 0) is 19.4 Å². The van der Waals surface area contributed by atoms with Crippen LogP contribution in [0.2, 0.25) is 5.02 Å². The quantitative estimate of drug-likeness (QED) is 0.691. The summed E-state index contributed by atoms with van der Waals surface area (Å²) in [5, 5.41) is 8.75. The van der Waals surface area contributed by atoms with Crippen LogP contribution in [-0.4, -0.2) is 18.3 Å². The number of benzene rings is 2. The van der Waals surface area contributed by atoms with Gasteiger partial charge in [-0.25, -0.2) is 0 Å². The Morgan fingerprint density at radius 3 is 2.58 bits per heavy atom. The predicted octanol–water partition coefficient (Wildman–Crippen LogP) is 5.68. The van der Waals surface area contributed by atoms with E-state index in [-0.39, 0.29) is 0 Å². The van der Waals surface area contributed by atoms with E-state index >= 15 is 0 Å². The normalized spacial score (nSPS) is 17.7. The summed E-state index contributed by atoms with van der Waals surface area (Å²) in [7, 11) is 0. The standard InChI is InChI=1S/C22H27ClN2S/c23-21-10-7-17-11-13-24-14-12-20(17)22(21)25-15-16-5-8-19(9-6-16)26-18-3-1-2-4-18/h5-10,18,24-25H,1-4,11-15H2. The number of anilines is 1. The molecule has 4 rings (SSSR count). The first-order valence-electron chi connectivity index (χ1n) is 9.80. The number of hydrogen-bond donors (Lipinski definition) is 2. The first kappa shape index (κ1) is 18.2. The molecule has 0 bridgehead atoms. The predicted molar refractivity (Wildman–Crippen MR) is 114 cm³/mol. The molecule has 0 atom stereocenters. The largest absolute Gasteiger partial charge is 0.380 e. The van der Waals surface area contributed by atoms with Gasteiger partial charge in [0.05, 0.1) is 10.7 Å². The van der Waals surface area contributed by atoms with E-state index in [9.17, 15) is 0 Å². The number of halogens is 1. The maximum Gasteiger partial charge on any atom is 0.0640 e. The summed E-state index contributed by atoms with van der Waals surface area (Å²) in [6.45, 7) is 2.89. The lowest BCUT2D eigenvalue weighted by atomic mass is 10.0. The minimum atomic E-state index is 0.817. The first-order chi connectivity index (χ1) is 12.8. The molecular formula is C22H27ClN2S. The molecule has 0 aromatic heterocycles. The Labute approximate surface area is 166 Å². The van der Waals surface area contributed by atoms with Crippen LogP contribution in [0.5, 0.6) is 0 Å². The maximum absolute atomic E-state index is 6.51. The smallest absolute Gasteiger partial charge is 0.0640 e. The minimum absolute atomic E-state index is 0.817. The van der Waals surface area contributed by atoms with Crippen molar-refractivity contribution in [3.05, 3.63) is 58.1 Å². The van der Waals surface area contributed by atoms with Gasteiger partial charge in [0.2, 0.25) is 0 Å². The molecule has 1 aliphatic heterocycles. The molecule has 1 saturated carbocycles. The van der Waals surface area contributed by atoms with Gasteiger partial charge in [0.1, 0.15) is 0 Å². The van der Waals surface area contributed by atoms with Crippen molar-refractivity contribution in [2.24, 2.45) is 0 Å². The zero-order chi connectivity index (χ0) is 17.8. The van der Waals surface area contributed by atoms with Crippen LogP contribution < -0.4 is 10.6 Å². The summed E-state index contributed by atoms with van der Waals surface area (Å²) in [6.07, 6.45) is 7.67. The Hall–Kier alpha value is -1.16. The van der Waals surface area contributed by atoms with Crippen LogP contribution in [0.4, 0.5) is 5.69 Å². The third-order valence-electron chi connectivity index (χ3n) is 5.48. The number of thioether (sulfide) groups is 1. The molecule has 0 spiro atoms. The van der Waals surface area contributed by atoms with Gasteiger partial charge >= 0.3 is 0 Å². The molecular weight excluding hydrogens is 360 g/mol. The zero-order valence-electron chi connectivity index (χ0n) is 15.2. The fourth-order valence-corrected chi connectivity index (χ4v) is 5.50. The van der Waals surface area contributed by atoms with E-state index in [1.54, 1.807) is 0 Å². The molecule has 1 aliphatic carbocycles. The van der Waals surface area contributed by atoms with Gasteiger partial charge in [-0.1, -0.05) is 42.6 Å². The molecule has 2 aliphatic rings. The van der Waals surface area contributed by atoms with Crippen LogP contribution in [0.15, 0.2) is 41.3 Å². The molecule has 138 valence electrons. The van der Waals surface area contributed by atoms with Crippen LogP contribution in [0.25, 0.3) is 0 Å². The summed E-state index contributed by atoms with van der Waals surface area (Å²) in [5.41, 5.74) is 5.24. The van der Waals surface area contributed by atoms with E-state index in [2.05, 4.69) is 41.0 Å². The van der Waals surface area contributed by atoms with Gasteiger partial charge in [0.15, 0.2) is 0 Å². The summed E-state index contributed by atoms with van der Waals surface area (Å²) >= 11 is 8.56. The van der Waals surface area contributed by atoms with E-state index in [4.69, 9.17) is 11.6 Å². The van der Waals surface area contributed by atoms with Crippen molar-refractivity contribution in [1.29, 1.82) is 0 Å². The Morgan fingerprint density at radius 2 is 1.77 bits per heavy atom. The van der Waals surface area contributed by atoms with Crippen molar-refractivity contribution < 1.29 is 0 Å². The second-order valence-electron chi connectivity index (χ2n) is 7.33. The molecule has 2 aromatic carbocycles. The van der Waals surface area contributed by atoms with E-state index in [0.29, 0.717) is 0 Å². The molecule has 0 saturated heterocycles. The lowest BCUT2D eigenvalue weighted by molar-refractivity contribution is 0.711. The van der Waals surface area contributed by atoms with Crippen molar-refractivity contribution in [2.45, 2.75) is 55.2 Å². The Bertz CT molecular complexity index is 739. The molecule has 26 heavy (non-hydrogen) atoms. The number of nitrogens with one attached hydrogen (secondary N) is 2. The van der Waals surface area contributed by atoms with E-state index in [0.717, 1.165) is 48.4 Å². The van der Waals surface area contributed by atoms with E-state index in [1.165, 1.54) is 47.3 Å². The van der Waals surface area contributed by atoms with Crippen LogP contribution in [0, 0.1) is 0 Å². The highest BCUT2D eigenvalue weighted by molar-refractivity contribution is 8.00. The molecule has 4 heteroatoms. The molecule has 0 amide bonds. The van der Waals surface area contributed by atoms with Gasteiger partial charge in [-0.2, -0.15) is 0 Å². The van der Waals surface area contributed by atoms with Crippen LogP contribution in [0.1, 0.15) is 42.4 Å². The monoisotopic (exact) mass is 386 g/mol. The summed E-state index contributed by atoms with van der Waals surface area (Å²) in [6, 6.07) is 13.3. The SMILES string of the molecule is Clc1ccc2c(c1NCc1ccc(SC3CCCC3)cc1)CCNCC2. The van der Waals surface area contributed by atoms with Crippen molar-refractivity contribution in [3.8, 4) is 0 Å². The van der Waals surface area contributed by atoms with Crippen LogP contribution >= 0.6 is 23.4 Å².